The van der Waals surface area contributed by atoms with Gasteiger partial charge in [-0.1, -0.05) is 12.1 Å². The summed E-state index contributed by atoms with van der Waals surface area (Å²) in [6.07, 6.45) is 1.54. The SMILES string of the molecule is CCOC(=O)C1CCCN(C(=O)c2cc(-c3ccccc3OC)nn2CC)C1. The van der Waals surface area contributed by atoms with Crippen LogP contribution in [0, 0.1) is 5.92 Å². The highest BCUT2D eigenvalue weighted by atomic mass is 16.5. The van der Waals surface area contributed by atoms with Crippen LogP contribution in [-0.4, -0.2) is 53.4 Å². The molecule has 150 valence electrons. The molecule has 0 radical (unpaired) electrons. The van der Waals surface area contributed by atoms with Crippen molar-refractivity contribution in [1.82, 2.24) is 14.7 Å². The van der Waals surface area contributed by atoms with E-state index in [1.807, 2.05) is 31.2 Å². The Morgan fingerprint density at radius 3 is 2.75 bits per heavy atom. The van der Waals surface area contributed by atoms with E-state index in [1.54, 1.807) is 29.7 Å². The molecule has 7 nitrogen and oxygen atoms in total. The Balaban J connectivity index is 1.85. The summed E-state index contributed by atoms with van der Waals surface area (Å²) in [4.78, 5) is 27.0. The zero-order valence-electron chi connectivity index (χ0n) is 16.7. The molecule has 0 spiro atoms. The first-order valence-corrected chi connectivity index (χ1v) is 9.76. The number of para-hydroxylation sites is 1. The summed E-state index contributed by atoms with van der Waals surface area (Å²) < 4.78 is 12.3. The number of methoxy groups -OCH3 is 1. The van der Waals surface area contributed by atoms with Gasteiger partial charge in [0, 0.05) is 25.2 Å². The molecule has 1 saturated heterocycles. The predicted molar refractivity (Wildman–Crippen MR) is 105 cm³/mol. The molecule has 0 saturated carbocycles. The van der Waals surface area contributed by atoms with E-state index in [2.05, 4.69) is 5.10 Å². The van der Waals surface area contributed by atoms with Crippen LogP contribution in [0.25, 0.3) is 11.3 Å². The molecular formula is C21H27N3O4. The van der Waals surface area contributed by atoms with Crippen LogP contribution in [0.4, 0.5) is 0 Å². The molecule has 1 amide bonds. The van der Waals surface area contributed by atoms with Crippen molar-refractivity contribution in [2.24, 2.45) is 5.92 Å². The van der Waals surface area contributed by atoms with Crippen molar-refractivity contribution in [2.75, 3.05) is 26.8 Å². The first kappa shape index (κ1) is 19.9. The molecule has 2 aromatic rings. The quantitative estimate of drug-likeness (QED) is 0.715. The summed E-state index contributed by atoms with van der Waals surface area (Å²) in [5.74, 6) is 0.121. The van der Waals surface area contributed by atoms with Gasteiger partial charge in [0.15, 0.2) is 0 Å². The van der Waals surface area contributed by atoms with E-state index in [0.717, 1.165) is 18.4 Å². The van der Waals surface area contributed by atoms with E-state index in [-0.39, 0.29) is 17.8 Å². The van der Waals surface area contributed by atoms with E-state index in [1.165, 1.54) is 0 Å². The summed E-state index contributed by atoms with van der Waals surface area (Å²) >= 11 is 0. The van der Waals surface area contributed by atoms with Gasteiger partial charge in [-0.05, 0) is 44.9 Å². The van der Waals surface area contributed by atoms with Crippen molar-refractivity contribution in [2.45, 2.75) is 33.2 Å². The van der Waals surface area contributed by atoms with Gasteiger partial charge in [0.05, 0.1) is 25.3 Å². The van der Waals surface area contributed by atoms with Crippen LogP contribution in [0.5, 0.6) is 5.75 Å². The lowest BCUT2D eigenvalue weighted by Crippen LogP contribution is -2.43. The zero-order valence-corrected chi connectivity index (χ0v) is 16.7. The molecule has 1 unspecified atom stereocenters. The average molecular weight is 385 g/mol. The van der Waals surface area contributed by atoms with Crippen LogP contribution in [0.3, 0.4) is 0 Å². The fourth-order valence-corrected chi connectivity index (χ4v) is 3.59. The lowest BCUT2D eigenvalue weighted by atomic mass is 9.98. The fourth-order valence-electron chi connectivity index (χ4n) is 3.59. The second-order valence-corrected chi connectivity index (χ2v) is 6.77. The number of benzene rings is 1. The Morgan fingerprint density at radius 1 is 1.25 bits per heavy atom. The Labute approximate surface area is 165 Å². The maximum Gasteiger partial charge on any atom is 0.310 e. The highest BCUT2D eigenvalue weighted by molar-refractivity contribution is 5.94. The van der Waals surface area contributed by atoms with Crippen molar-refractivity contribution in [3.8, 4) is 17.0 Å². The molecule has 3 rings (SSSR count). The number of piperidine rings is 1. The van der Waals surface area contributed by atoms with Gasteiger partial charge in [-0.15, -0.1) is 0 Å². The van der Waals surface area contributed by atoms with Crippen LogP contribution in [-0.2, 0) is 16.1 Å². The number of esters is 1. The standard InChI is InChI=1S/C21H27N3O4/c1-4-24-18(13-17(22-24)16-10-6-7-11-19(16)27-3)20(25)23-12-8-9-15(14-23)21(26)28-5-2/h6-7,10-11,13,15H,4-5,8-9,12,14H2,1-3H3. The van der Waals surface area contributed by atoms with Crippen LogP contribution in [0.2, 0.25) is 0 Å². The molecule has 1 aromatic heterocycles. The average Bonchev–Trinajstić information content (AvgIpc) is 3.17. The molecule has 1 atom stereocenters. The lowest BCUT2D eigenvalue weighted by Gasteiger charge is -2.31. The zero-order chi connectivity index (χ0) is 20.1. The molecule has 1 aliphatic heterocycles. The number of aromatic nitrogens is 2. The predicted octanol–water partition coefficient (Wildman–Crippen LogP) is 2.99. The van der Waals surface area contributed by atoms with Gasteiger partial charge in [-0.25, -0.2) is 0 Å². The Hall–Kier alpha value is -2.83. The van der Waals surface area contributed by atoms with Gasteiger partial charge >= 0.3 is 5.97 Å². The summed E-state index contributed by atoms with van der Waals surface area (Å²) in [6.45, 7) is 5.69. The lowest BCUT2D eigenvalue weighted by molar-refractivity contribution is -0.149. The molecule has 2 heterocycles. The third-order valence-electron chi connectivity index (χ3n) is 5.01. The third-order valence-corrected chi connectivity index (χ3v) is 5.01. The highest BCUT2D eigenvalue weighted by Crippen LogP contribution is 2.30. The third kappa shape index (κ3) is 4.03. The number of hydrogen-bond donors (Lipinski definition) is 0. The van der Waals surface area contributed by atoms with Gasteiger partial charge in [0.1, 0.15) is 11.4 Å². The van der Waals surface area contributed by atoms with Crippen LogP contribution in [0.1, 0.15) is 37.2 Å². The molecule has 1 aromatic carbocycles. The van der Waals surface area contributed by atoms with Gasteiger partial charge in [0.25, 0.3) is 5.91 Å². The van der Waals surface area contributed by atoms with E-state index in [4.69, 9.17) is 9.47 Å². The topological polar surface area (TPSA) is 73.7 Å². The number of nitrogens with zero attached hydrogens (tertiary/aromatic N) is 3. The minimum atomic E-state index is -0.260. The number of ether oxygens (including phenoxy) is 2. The van der Waals surface area contributed by atoms with Gasteiger partial charge in [0.2, 0.25) is 0 Å². The number of aryl methyl sites for hydroxylation is 1. The van der Waals surface area contributed by atoms with E-state index >= 15 is 0 Å². The molecule has 0 N–H and O–H groups in total. The minimum Gasteiger partial charge on any atom is -0.496 e. The van der Waals surface area contributed by atoms with Crippen LogP contribution >= 0.6 is 0 Å². The Kier molecular flexibility index (Phi) is 6.34. The first-order valence-electron chi connectivity index (χ1n) is 9.76. The van der Waals surface area contributed by atoms with Gasteiger partial charge in [-0.2, -0.15) is 5.10 Å². The molecule has 0 aliphatic carbocycles. The highest BCUT2D eigenvalue weighted by Gasteiger charge is 2.31. The van der Waals surface area contributed by atoms with Crippen molar-refractivity contribution in [1.29, 1.82) is 0 Å². The van der Waals surface area contributed by atoms with Crippen molar-refractivity contribution in [3.05, 3.63) is 36.0 Å². The maximum atomic E-state index is 13.2. The second kappa shape index (κ2) is 8.91. The molecule has 0 bridgehead atoms. The molecule has 1 aliphatic rings. The molecular weight excluding hydrogens is 358 g/mol. The second-order valence-electron chi connectivity index (χ2n) is 6.77. The molecule has 28 heavy (non-hydrogen) atoms. The maximum absolute atomic E-state index is 13.2. The Morgan fingerprint density at radius 2 is 2.04 bits per heavy atom. The first-order chi connectivity index (χ1) is 13.6. The summed E-state index contributed by atoms with van der Waals surface area (Å²) in [5, 5.41) is 4.60. The van der Waals surface area contributed by atoms with Crippen molar-refractivity contribution in [3.63, 3.8) is 0 Å². The van der Waals surface area contributed by atoms with Crippen molar-refractivity contribution >= 4 is 11.9 Å². The largest absolute Gasteiger partial charge is 0.496 e. The van der Waals surface area contributed by atoms with Gasteiger partial charge < -0.3 is 14.4 Å². The number of likely N-dealkylation sites (tertiary alicyclic amines) is 1. The van der Waals surface area contributed by atoms with Crippen molar-refractivity contribution < 1.29 is 19.1 Å². The number of rotatable bonds is 6. The number of carbonyl (C=O) groups is 2. The minimum absolute atomic E-state index is 0.107. The summed E-state index contributed by atoms with van der Waals surface area (Å²) in [6, 6.07) is 9.41. The fraction of sp³-hybridized carbons (Fsp3) is 0.476. The summed E-state index contributed by atoms with van der Waals surface area (Å²) in [7, 11) is 1.62. The monoisotopic (exact) mass is 385 g/mol. The molecule has 7 heteroatoms. The molecule has 1 fully saturated rings. The van der Waals surface area contributed by atoms with E-state index in [0.29, 0.717) is 43.4 Å². The normalized spacial score (nSPS) is 16.7. The number of hydrogen-bond acceptors (Lipinski definition) is 5. The van der Waals surface area contributed by atoms with E-state index in [9.17, 15) is 9.59 Å². The number of carbonyl (C=O) groups excluding carboxylic acids is 2. The van der Waals surface area contributed by atoms with Crippen LogP contribution < -0.4 is 4.74 Å². The number of amides is 1. The smallest absolute Gasteiger partial charge is 0.310 e. The summed E-state index contributed by atoms with van der Waals surface area (Å²) in [5.41, 5.74) is 2.06. The van der Waals surface area contributed by atoms with Gasteiger partial charge in [-0.3, -0.25) is 14.3 Å². The van der Waals surface area contributed by atoms with E-state index < -0.39 is 0 Å². The Bertz CT molecular complexity index is 846. The van der Waals surface area contributed by atoms with Crippen LogP contribution in [0.15, 0.2) is 30.3 Å².